The number of alkyl halides is 2. The zero-order valence-electron chi connectivity index (χ0n) is 12.3. The highest BCUT2D eigenvalue weighted by molar-refractivity contribution is 9.12. The van der Waals surface area contributed by atoms with Gasteiger partial charge in [-0.2, -0.15) is 0 Å². The van der Waals surface area contributed by atoms with Crippen LogP contribution in [0.25, 0.3) is 10.1 Å². The van der Waals surface area contributed by atoms with Crippen molar-refractivity contribution in [3.05, 3.63) is 65.0 Å². The lowest BCUT2D eigenvalue weighted by atomic mass is 10.1. The van der Waals surface area contributed by atoms with E-state index in [4.69, 9.17) is 0 Å². The van der Waals surface area contributed by atoms with Crippen LogP contribution in [0.1, 0.15) is 20.1 Å². The Morgan fingerprint density at radius 1 is 1.04 bits per heavy atom. The lowest BCUT2D eigenvalue weighted by molar-refractivity contribution is 0.0992. The molecule has 0 aliphatic rings. The van der Waals surface area contributed by atoms with Gasteiger partial charge in [0.1, 0.15) is 0 Å². The van der Waals surface area contributed by atoms with Gasteiger partial charge in [0.25, 0.3) is 0 Å². The molecule has 3 rings (SSSR count). The van der Waals surface area contributed by atoms with Crippen LogP contribution in [0.5, 0.6) is 0 Å². The second kappa shape index (κ2) is 7.51. The summed E-state index contributed by atoms with van der Waals surface area (Å²) in [6.45, 7) is 0. The lowest BCUT2D eigenvalue weighted by Gasteiger charge is -2.16. The third-order valence-electron chi connectivity index (χ3n) is 3.60. The molecule has 0 saturated heterocycles. The molecule has 0 amide bonds. The summed E-state index contributed by atoms with van der Waals surface area (Å²) in [6, 6.07) is 18.2. The van der Waals surface area contributed by atoms with Crippen LogP contribution in [0.4, 0.5) is 0 Å². The number of Topliss-reactive ketones (excluding diaryl/α,β-unsaturated/α-hetero) is 1. The van der Waals surface area contributed by atoms with E-state index < -0.39 is 0 Å². The minimum absolute atomic E-state index is 0.0591. The van der Waals surface area contributed by atoms with Gasteiger partial charge in [-0.3, -0.25) is 4.79 Å². The normalized spacial score (nSPS) is 13.9. The number of hydrogen-bond donors (Lipinski definition) is 0. The Labute approximate surface area is 160 Å². The number of ketones is 1. The molecule has 1 heterocycles. The molecule has 118 valence electrons. The van der Waals surface area contributed by atoms with Gasteiger partial charge in [0, 0.05) is 15.0 Å². The third kappa shape index (κ3) is 3.43. The maximum atomic E-state index is 13.0. The van der Waals surface area contributed by atoms with Gasteiger partial charge in [0.15, 0.2) is 5.78 Å². The van der Waals surface area contributed by atoms with Crippen molar-refractivity contribution in [2.75, 3.05) is 6.26 Å². The lowest BCUT2D eigenvalue weighted by Crippen LogP contribution is -2.18. The summed E-state index contributed by atoms with van der Waals surface area (Å²) in [5.74, 6) is 0.126. The first-order chi connectivity index (χ1) is 11.1. The van der Waals surface area contributed by atoms with Crippen molar-refractivity contribution in [2.24, 2.45) is 0 Å². The van der Waals surface area contributed by atoms with E-state index in [1.165, 1.54) is 5.39 Å². The zero-order chi connectivity index (χ0) is 16.4. The van der Waals surface area contributed by atoms with E-state index in [1.54, 1.807) is 23.1 Å². The Morgan fingerprint density at radius 2 is 1.70 bits per heavy atom. The predicted molar refractivity (Wildman–Crippen MR) is 109 cm³/mol. The number of benzene rings is 2. The Hall–Kier alpha value is -0.620. The van der Waals surface area contributed by atoms with Gasteiger partial charge in [-0.05, 0) is 17.9 Å². The fourth-order valence-corrected chi connectivity index (χ4v) is 5.88. The molecule has 2 atom stereocenters. The predicted octanol–water partition coefficient (Wildman–Crippen LogP) is 6.71. The average molecular weight is 470 g/mol. The van der Waals surface area contributed by atoms with Crippen LogP contribution in [0.3, 0.4) is 0 Å². The smallest absolute Gasteiger partial charge is 0.189 e. The molecule has 0 N–H and O–H groups in total. The highest BCUT2D eigenvalue weighted by Gasteiger charge is 2.29. The molecule has 23 heavy (non-hydrogen) atoms. The van der Waals surface area contributed by atoms with Gasteiger partial charge >= 0.3 is 0 Å². The van der Waals surface area contributed by atoms with E-state index in [-0.39, 0.29) is 15.4 Å². The summed E-state index contributed by atoms with van der Waals surface area (Å²) >= 11 is 10.5. The number of thioether (sulfide) groups is 1. The molecule has 1 aromatic heterocycles. The largest absolute Gasteiger partial charge is 0.292 e. The fraction of sp³-hybridized carbons (Fsp3) is 0.167. The highest BCUT2D eigenvalue weighted by atomic mass is 79.9. The molecular weight excluding hydrogens is 456 g/mol. The molecule has 5 heteroatoms. The van der Waals surface area contributed by atoms with Crippen molar-refractivity contribution in [3.63, 3.8) is 0 Å². The van der Waals surface area contributed by atoms with Crippen LogP contribution in [0, 0.1) is 0 Å². The standard InChI is InChI=1S/C18H14Br2OS2/c1-22-17-12-9-5-6-10-13(12)23-18(17)16(21)15(20)14(19)11-7-3-2-4-8-11/h2-10,14-15H,1H3. The van der Waals surface area contributed by atoms with Crippen LogP contribution >= 0.6 is 55.0 Å². The van der Waals surface area contributed by atoms with Crippen LogP contribution < -0.4 is 0 Å². The number of rotatable bonds is 5. The topological polar surface area (TPSA) is 17.1 Å². The van der Waals surface area contributed by atoms with E-state index in [9.17, 15) is 4.79 Å². The Bertz CT molecular complexity index is 829. The van der Waals surface area contributed by atoms with Crippen LogP contribution in [0.2, 0.25) is 0 Å². The van der Waals surface area contributed by atoms with Crippen molar-refractivity contribution in [2.45, 2.75) is 14.5 Å². The van der Waals surface area contributed by atoms with Gasteiger partial charge in [-0.25, -0.2) is 0 Å². The van der Waals surface area contributed by atoms with Gasteiger partial charge < -0.3 is 0 Å². The number of fused-ring (bicyclic) bond motifs is 1. The van der Waals surface area contributed by atoms with Crippen molar-refractivity contribution in [1.82, 2.24) is 0 Å². The number of hydrogen-bond acceptors (Lipinski definition) is 3. The maximum absolute atomic E-state index is 13.0. The molecule has 1 nitrogen and oxygen atoms in total. The van der Waals surface area contributed by atoms with Crippen molar-refractivity contribution in [3.8, 4) is 0 Å². The molecule has 2 aromatic carbocycles. The first kappa shape index (κ1) is 17.2. The van der Waals surface area contributed by atoms with Crippen LogP contribution in [0.15, 0.2) is 59.5 Å². The van der Waals surface area contributed by atoms with E-state index in [0.717, 1.165) is 20.0 Å². The fourth-order valence-electron chi connectivity index (χ4n) is 2.45. The first-order valence-corrected chi connectivity index (χ1v) is 10.9. The van der Waals surface area contributed by atoms with E-state index >= 15 is 0 Å². The monoisotopic (exact) mass is 468 g/mol. The summed E-state index contributed by atoms with van der Waals surface area (Å²) < 4.78 is 1.16. The second-order valence-electron chi connectivity index (χ2n) is 5.04. The highest BCUT2D eigenvalue weighted by Crippen LogP contribution is 2.41. The van der Waals surface area contributed by atoms with Gasteiger partial charge in [-0.1, -0.05) is 80.4 Å². The molecule has 0 radical (unpaired) electrons. The minimum atomic E-state index is -0.302. The number of thiophene rings is 1. The summed E-state index contributed by atoms with van der Waals surface area (Å²) in [4.78, 5) is 14.6. The second-order valence-corrected chi connectivity index (χ2v) is 8.88. The Morgan fingerprint density at radius 3 is 2.39 bits per heavy atom. The summed E-state index contributed by atoms with van der Waals surface area (Å²) in [5.41, 5.74) is 1.09. The molecule has 0 saturated carbocycles. The number of halogens is 2. The molecule has 0 spiro atoms. The SMILES string of the molecule is CSc1c(C(=O)C(Br)C(Br)c2ccccc2)sc2ccccc12. The number of carbonyl (C=O) groups excluding carboxylic acids is 1. The molecule has 0 aliphatic carbocycles. The Balaban J connectivity index is 1.97. The van der Waals surface area contributed by atoms with Gasteiger partial charge in [-0.15, -0.1) is 23.1 Å². The van der Waals surface area contributed by atoms with Crippen LogP contribution in [-0.2, 0) is 0 Å². The van der Waals surface area contributed by atoms with Crippen molar-refractivity contribution in [1.29, 1.82) is 0 Å². The van der Waals surface area contributed by atoms with Crippen molar-refractivity contribution < 1.29 is 4.79 Å². The summed E-state index contributed by atoms with van der Waals surface area (Å²) in [7, 11) is 0. The third-order valence-corrected chi connectivity index (χ3v) is 8.46. The Kier molecular flexibility index (Phi) is 5.62. The van der Waals surface area contributed by atoms with Gasteiger partial charge in [0.2, 0.25) is 0 Å². The number of carbonyl (C=O) groups is 1. The first-order valence-electron chi connectivity index (χ1n) is 7.06. The summed E-state index contributed by atoms with van der Waals surface area (Å²) in [5, 5.41) is 1.17. The van der Waals surface area contributed by atoms with E-state index in [1.807, 2.05) is 48.7 Å². The molecule has 2 unspecified atom stereocenters. The maximum Gasteiger partial charge on any atom is 0.189 e. The molecule has 0 bridgehead atoms. The molecule has 0 aliphatic heterocycles. The van der Waals surface area contributed by atoms with E-state index in [2.05, 4.69) is 44.0 Å². The minimum Gasteiger partial charge on any atom is -0.292 e. The molecular formula is C18H14Br2OS2. The van der Waals surface area contributed by atoms with Crippen LogP contribution in [-0.4, -0.2) is 16.9 Å². The zero-order valence-corrected chi connectivity index (χ0v) is 17.1. The molecule has 3 aromatic rings. The molecule has 0 fully saturated rings. The van der Waals surface area contributed by atoms with Crippen molar-refractivity contribution >= 4 is 70.8 Å². The quantitative estimate of drug-likeness (QED) is 0.234. The average Bonchev–Trinajstić information content (AvgIpc) is 2.99. The van der Waals surface area contributed by atoms with Gasteiger partial charge in [0.05, 0.1) is 14.5 Å². The van der Waals surface area contributed by atoms with E-state index in [0.29, 0.717) is 0 Å². The summed E-state index contributed by atoms with van der Waals surface area (Å²) in [6.07, 6.45) is 2.03.